The molecule has 2 heterocycles. The molecule has 2 aliphatic rings. The number of nitrogens with zero attached hydrogens (tertiary/aromatic N) is 4. The largest absolute Gasteiger partial charge is 0.335 e. The van der Waals surface area contributed by atoms with Gasteiger partial charge in [-0.3, -0.25) is 4.79 Å². The normalized spacial score (nSPS) is 21.2. The number of sulfone groups is 1. The fourth-order valence-electron chi connectivity index (χ4n) is 4.58. The zero-order valence-electron chi connectivity index (χ0n) is 17.5. The quantitative estimate of drug-likeness (QED) is 0.632. The summed E-state index contributed by atoms with van der Waals surface area (Å²) in [5.41, 5.74) is 2.14. The Morgan fingerprint density at radius 3 is 2.57 bits per heavy atom. The van der Waals surface area contributed by atoms with Crippen molar-refractivity contribution in [2.75, 3.05) is 17.3 Å². The van der Waals surface area contributed by atoms with Crippen LogP contribution in [0.1, 0.15) is 37.7 Å². The molecule has 1 saturated carbocycles. The first-order valence-electron chi connectivity index (χ1n) is 10.5. The molecular weight excluding hydrogens is 420 g/mol. The molecule has 1 saturated heterocycles. The Morgan fingerprint density at radius 2 is 1.90 bits per heavy atom. The van der Waals surface area contributed by atoms with Gasteiger partial charge in [-0.05, 0) is 31.7 Å². The van der Waals surface area contributed by atoms with Crippen LogP contribution in [0, 0.1) is 6.92 Å². The maximum absolute atomic E-state index is 13.2. The number of hydrogen-bond acceptors (Lipinski definition) is 6. The van der Waals surface area contributed by atoms with E-state index in [1.807, 2.05) is 47.7 Å². The molecule has 0 bridgehead atoms. The molecule has 9 heteroatoms. The molecule has 1 aliphatic carbocycles. The second-order valence-electron chi connectivity index (χ2n) is 8.26. The van der Waals surface area contributed by atoms with Gasteiger partial charge in [0, 0.05) is 24.7 Å². The number of rotatable bonds is 6. The summed E-state index contributed by atoms with van der Waals surface area (Å²) in [6, 6.07) is 8.00. The van der Waals surface area contributed by atoms with Gasteiger partial charge in [0.05, 0.1) is 17.3 Å². The predicted octanol–water partition coefficient (Wildman–Crippen LogP) is 2.84. The lowest BCUT2D eigenvalue weighted by Crippen LogP contribution is -2.47. The van der Waals surface area contributed by atoms with E-state index in [2.05, 4.69) is 10.2 Å². The zero-order chi connectivity index (χ0) is 21.3. The number of carbonyl (C=O) groups excluding carboxylic acids is 1. The number of aromatic nitrogens is 3. The molecule has 0 N–H and O–H groups in total. The topological polar surface area (TPSA) is 85.2 Å². The van der Waals surface area contributed by atoms with Gasteiger partial charge < -0.3 is 9.47 Å². The third kappa shape index (κ3) is 4.42. The van der Waals surface area contributed by atoms with E-state index in [9.17, 15) is 13.2 Å². The average Bonchev–Trinajstić information content (AvgIpc) is 3.43. The first-order chi connectivity index (χ1) is 14.4. The molecule has 0 radical (unpaired) electrons. The van der Waals surface area contributed by atoms with Gasteiger partial charge in [0.15, 0.2) is 20.8 Å². The van der Waals surface area contributed by atoms with Crippen molar-refractivity contribution in [3.63, 3.8) is 0 Å². The van der Waals surface area contributed by atoms with Gasteiger partial charge in [-0.25, -0.2) is 8.42 Å². The van der Waals surface area contributed by atoms with Crippen LogP contribution in [0.4, 0.5) is 0 Å². The lowest BCUT2D eigenvalue weighted by Gasteiger charge is -2.34. The molecular formula is C21H28N4O3S2. The number of carbonyl (C=O) groups is 1. The molecule has 2 fully saturated rings. The highest BCUT2D eigenvalue weighted by atomic mass is 32.2. The van der Waals surface area contributed by atoms with Crippen molar-refractivity contribution >= 4 is 27.5 Å². The van der Waals surface area contributed by atoms with E-state index in [1.54, 1.807) is 0 Å². The first kappa shape index (κ1) is 21.4. The van der Waals surface area contributed by atoms with Crippen LogP contribution < -0.4 is 0 Å². The number of thioether (sulfide) groups is 1. The Bertz CT molecular complexity index is 1030. The Labute approximate surface area is 182 Å². The van der Waals surface area contributed by atoms with E-state index >= 15 is 0 Å². The third-order valence-electron chi connectivity index (χ3n) is 6.15. The zero-order valence-corrected chi connectivity index (χ0v) is 19.1. The average molecular weight is 449 g/mol. The van der Waals surface area contributed by atoms with Gasteiger partial charge in [0.1, 0.15) is 0 Å². The van der Waals surface area contributed by atoms with Crippen molar-refractivity contribution in [2.24, 2.45) is 7.05 Å². The summed E-state index contributed by atoms with van der Waals surface area (Å²) in [5, 5.41) is 9.31. The van der Waals surface area contributed by atoms with Gasteiger partial charge in [0.25, 0.3) is 0 Å². The number of amides is 1. The molecule has 1 amide bonds. The van der Waals surface area contributed by atoms with Crippen LogP contribution in [0.25, 0.3) is 11.4 Å². The van der Waals surface area contributed by atoms with E-state index in [4.69, 9.17) is 0 Å². The number of benzene rings is 1. The molecule has 30 heavy (non-hydrogen) atoms. The molecule has 2 aromatic rings. The summed E-state index contributed by atoms with van der Waals surface area (Å²) in [4.78, 5) is 15.1. The van der Waals surface area contributed by atoms with Gasteiger partial charge in [0.2, 0.25) is 5.91 Å². The number of hydrogen-bond donors (Lipinski definition) is 0. The van der Waals surface area contributed by atoms with Crippen molar-refractivity contribution in [3.05, 3.63) is 29.8 Å². The second kappa shape index (κ2) is 8.70. The molecule has 1 aliphatic heterocycles. The summed E-state index contributed by atoms with van der Waals surface area (Å²) in [7, 11) is -1.13. The Morgan fingerprint density at radius 1 is 1.17 bits per heavy atom. The molecule has 0 unspecified atom stereocenters. The second-order valence-corrected chi connectivity index (χ2v) is 11.4. The van der Waals surface area contributed by atoms with Crippen LogP contribution in [-0.4, -0.2) is 63.3 Å². The van der Waals surface area contributed by atoms with E-state index < -0.39 is 9.84 Å². The minimum atomic E-state index is -3.04. The molecule has 162 valence electrons. The van der Waals surface area contributed by atoms with Gasteiger partial charge in [-0.15, -0.1) is 10.2 Å². The molecule has 1 atom stereocenters. The minimum absolute atomic E-state index is 0.00874. The Kier molecular flexibility index (Phi) is 6.20. The third-order valence-corrected chi connectivity index (χ3v) is 8.91. The maximum atomic E-state index is 13.2. The smallest absolute Gasteiger partial charge is 0.233 e. The summed E-state index contributed by atoms with van der Waals surface area (Å²) in [6.07, 6.45) is 4.69. The highest BCUT2D eigenvalue weighted by molar-refractivity contribution is 7.99. The lowest BCUT2D eigenvalue weighted by molar-refractivity contribution is -0.132. The molecule has 7 nitrogen and oxygen atoms in total. The first-order valence-corrected chi connectivity index (χ1v) is 13.3. The summed E-state index contributed by atoms with van der Waals surface area (Å²) in [5.74, 6) is 1.31. The Hall–Kier alpha value is -1.87. The fraction of sp³-hybridized carbons (Fsp3) is 0.571. The summed E-state index contributed by atoms with van der Waals surface area (Å²) >= 11 is 1.37. The van der Waals surface area contributed by atoms with Crippen LogP contribution in [0.2, 0.25) is 0 Å². The van der Waals surface area contributed by atoms with E-state index in [-0.39, 0.29) is 35.2 Å². The van der Waals surface area contributed by atoms with Crippen LogP contribution in [0.5, 0.6) is 0 Å². The lowest BCUT2D eigenvalue weighted by atomic mass is 10.1. The SMILES string of the molecule is Cc1ccccc1-c1nnc(SCC(=O)N(C2CCCC2)[C@@H]2CCS(=O)(=O)C2)n1C. The van der Waals surface area contributed by atoms with Crippen LogP contribution in [0.3, 0.4) is 0 Å². The highest BCUT2D eigenvalue weighted by Gasteiger charge is 2.39. The van der Waals surface area contributed by atoms with Crippen molar-refractivity contribution in [3.8, 4) is 11.4 Å². The van der Waals surface area contributed by atoms with E-state index in [0.717, 1.165) is 42.6 Å². The van der Waals surface area contributed by atoms with E-state index in [1.165, 1.54) is 11.8 Å². The Balaban J connectivity index is 1.48. The van der Waals surface area contributed by atoms with Crippen LogP contribution >= 0.6 is 11.8 Å². The summed E-state index contributed by atoms with van der Waals surface area (Å²) < 4.78 is 25.9. The van der Waals surface area contributed by atoms with Crippen molar-refractivity contribution in [2.45, 2.75) is 56.3 Å². The molecule has 1 aromatic heterocycles. The molecule has 1 aromatic carbocycles. The van der Waals surface area contributed by atoms with Crippen LogP contribution in [-0.2, 0) is 21.7 Å². The van der Waals surface area contributed by atoms with Crippen molar-refractivity contribution in [1.29, 1.82) is 0 Å². The fourth-order valence-corrected chi connectivity index (χ4v) is 7.07. The molecule has 4 rings (SSSR count). The van der Waals surface area contributed by atoms with Crippen molar-refractivity contribution in [1.82, 2.24) is 19.7 Å². The van der Waals surface area contributed by atoms with Crippen molar-refractivity contribution < 1.29 is 13.2 Å². The standard InChI is InChI=1S/C21H28N4O3S2/c1-15-7-3-6-10-18(15)20-22-23-21(24(20)2)29-13-19(26)25(16-8-4-5-9-16)17-11-12-30(27,28)14-17/h3,6-7,10,16-17H,4-5,8-9,11-14H2,1-2H3/t17-/m1/s1. The predicted molar refractivity (Wildman–Crippen MR) is 118 cm³/mol. The van der Waals surface area contributed by atoms with E-state index in [0.29, 0.717) is 11.6 Å². The minimum Gasteiger partial charge on any atom is -0.335 e. The number of aryl methyl sites for hydroxylation is 1. The summed E-state index contributed by atoms with van der Waals surface area (Å²) in [6.45, 7) is 2.04. The maximum Gasteiger partial charge on any atom is 0.233 e. The van der Waals surface area contributed by atoms with Gasteiger partial charge in [-0.2, -0.15) is 0 Å². The monoisotopic (exact) mass is 448 g/mol. The molecule has 0 spiro atoms. The highest BCUT2D eigenvalue weighted by Crippen LogP contribution is 2.31. The van der Waals surface area contributed by atoms with Gasteiger partial charge in [-0.1, -0.05) is 48.9 Å². The van der Waals surface area contributed by atoms with Crippen LogP contribution in [0.15, 0.2) is 29.4 Å². The van der Waals surface area contributed by atoms with Gasteiger partial charge >= 0.3 is 0 Å².